The summed E-state index contributed by atoms with van der Waals surface area (Å²) < 4.78 is 11.3. The van der Waals surface area contributed by atoms with Crippen molar-refractivity contribution in [2.24, 2.45) is 16.9 Å². The molecule has 0 amide bonds. The van der Waals surface area contributed by atoms with Crippen molar-refractivity contribution in [2.75, 3.05) is 18.2 Å². The van der Waals surface area contributed by atoms with Crippen LogP contribution < -0.4 is 9.75 Å². The number of rotatable bonds is 4. The van der Waals surface area contributed by atoms with Crippen LogP contribution in [-0.4, -0.2) is 30.9 Å². The number of carbonyl (C=O) groups excluding carboxylic acids is 1. The van der Waals surface area contributed by atoms with Crippen molar-refractivity contribution in [3.05, 3.63) is 58.1 Å². The number of fused-ring (bicyclic) bond motifs is 3. The third kappa shape index (κ3) is 3.51. The zero-order chi connectivity index (χ0) is 22.2. The number of anilines is 1. The first-order chi connectivity index (χ1) is 15.6. The second-order valence-corrected chi connectivity index (χ2v) is 8.90. The molecule has 0 spiro atoms. The fourth-order valence-electron chi connectivity index (χ4n) is 5.19. The predicted octanol–water partition coefficient (Wildman–Crippen LogP) is 5.18. The second-order valence-electron chi connectivity index (χ2n) is 8.49. The lowest BCUT2D eigenvalue weighted by Gasteiger charge is -2.34. The molecule has 1 fully saturated rings. The van der Waals surface area contributed by atoms with E-state index in [0.29, 0.717) is 41.0 Å². The lowest BCUT2D eigenvalue weighted by molar-refractivity contribution is 0.0525. The quantitative estimate of drug-likeness (QED) is 0.601. The molecular weight excluding hydrogens is 426 g/mol. The van der Waals surface area contributed by atoms with Crippen molar-refractivity contribution in [1.82, 2.24) is 0 Å². The Morgan fingerprint density at radius 1 is 1.28 bits per heavy atom. The summed E-state index contributed by atoms with van der Waals surface area (Å²) in [7, 11) is 0. The highest BCUT2D eigenvalue weighted by Crippen LogP contribution is 2.44. The summed E-state index contributed by atoms with van der Waals surface area (Å²) >= 11 is 6.36. The molecule has 2 atom stereocenters. The number of hydrogen-bond donors (Lipinski definition) is 0. The van der Waals surface area contributed by atoms with Crippen LogP contribution in [0.3, 0.4) is 0 Å². The Kier molecular flexibility index (Phi) is 5.52. The molecule has 3 aliphatic rings. The maximum atomic E-state index is 12.2. The van der Waals surface area contributed by atoms with Crippen molar-refractivity contribution in [3.8, 4) is 11.8 Å². The highest BCUT2D eigenvalue weighted by Gasteiger charge is 2.46. The molecule has 2 aliphatic heterocycles. The monoisotopic (exact) mass is 449 g/mol. The third-order valence-electron chi connectivity index (χ3n) is 6.67. The first-order valence-corrected chi connectivity index (χ1v) is 11.5. The lowest BCUT2D eigenvalue weighted by atomic mass is 9.81. The Hall–Kier alpha value is -3.04. The molecule has 0 aromatic heterocycles. The number of hydrazone groups is 1. The van der Waals surface area contributed by atoms with Gasteiger partial charge < -0.3 is 9.47 Å². The summed E-state index contributed by atoms with van der Waals surface area (Å²) in [5, 5.41) is 16.8. The maximum absolute atomic E-state index is 12.2. The summed E-state index contributed by atoms with van der Waals surface area (Å²) in [5.41, 5.74) is 3.72. The summed E-state index contributed by atoms with van der Waals surface area (Å²) in [6, 6.07) is 13.2. The standard InChI is InChI=1S/C25H24ClN3O3/c1-2-31-25(30)16-8-10-19-22(11-16)32-14-20-23(19)28-29(24(20)15-5-3-4-6-15)18-9-7-17(13-27)21(26)12-18/h7-12,15,20,24H,2-6,14H2,1H3/t20-,24-/m0/s1. The maximum Gasteiger partial charge on any atom is 0.338 e. The van der Waals surface area contributed by atoms with E-state index in [1.807, 2.05) is 18.2 Å². The lowest BCUT2D eigenvalue weighted by Crippen LogP contribution is -2.43. The fraction of sp³-hybridized carbons (Fsp3) is 0.400. The molecule has 0 bridgehead atoms. The molecule has 7 heteroatoms. The summed E-state index contributed by atoms with van der Waals surface area (Å²) in [6.07, 6.45) is 4.79. The average Bonchev–Trinajstić information content (AvgIpc) is 3.46. The van der Waals surface area contributed by atoms with Crippen molar-refractivity contribution in [2.45, 2.75) is 38.6 Å². The molecule has 2 aromatic carbocycles. The Bertz CT molecular complexity index is 1130. The smallest absolute Gasteiger partial charge is 0.338 e. The van der Waals surface area contributed by atoms with Gasteiger partial charge in [0.25, 0.3) is 0 Å². The minimum Gasteiger partial charge on any atom is -0.492 e. The Labute approximate surface area is 192 Å². The van der Waals surface area contributed by atoms with E-state index >= 15 is 0 Å². The van der Waals surface area contributed by atoms with Gasteiger partial charge in [0.15, 0.2) is 0 Å². The van der Waals surface area contributed by atoms with E-state index in [-0.39, 0.29) is 17.9 Å². The second kappa shape index (κ2) is 8.48. The SMILES string of the molecule is CCOC(=O)c1ccc2c(c1)OC[C@H]1C2=NN(c2ccc(C#N)c(Cl)c2)[C@H]1C1CCCC1. The first-order valence-electron chi connectivity index (χ1n) is 11.1. The van der Waals surface area contributed by atoms with Gasteiger partial charge in [0.05, 0.1) is 52.7 Å². The van der Waals surface area contributed by atoms with Crippen molar-refractivity contribution in [3.63, 3.8) is 0 Å². The van der Waals surface area contributed by atoms with E-state index in [9.17, 15) is 10.1 Å². The largest absolute Gasteiger partial charge is 0.492 e. The zero-order valence-corrected chi connectivity index (χ0v) is 18.6. The van der Waals surface area contributed by atoms with Crippen molar-refractivity contribution >= 4 is 29.0 Å². The van der Waals surface area contributed by atoms with E-state index in [4.69, 9.17) is 26.2 Å². The van der Waals surface area contributed by atoms with Gasteiger partial charge in [-0.25, -0.2) is 4.79 Å². The van der Waals surface area contributed by atoms with Crippen LogP contribution in [0.15, 0.2) is 41.5 Å². The van der Waals surface area contributed by atoms with Gasteiger partial charge in [0, 0.05) is 5.56 Å². The molecule has 32 heavy (non-hydrogen) atoms. The van der Waals surface area contributed by atoms with Crippen LogP contribution in [0.5, 0.6) is 5.75 Å². The minimum atomic E-state index is -0.355. The third-order valence-corrected chi connectivity index (χ3v) is 6.98. The molecule has 6 nitrogen and oxygen atoms in total. The van der Waals surface area contributed by atoms with Gasteiger partial charge >= 0.3 is 5.97 Å². The molecule has 0 N–H and O–H groups in total. The molecular formula is C25H24ClN3O3. The number of hydrogen-bond acceptors (Lipinski definition) is 6. The summed E-state index contributed by atoms with van der Waals surface area (Å²) in [4.78, 5) is 12.2. The van der Waals surface area contributed by atoms with Crippen molar-refractivity contribution in [1.29, 1.82) is 5.26 Å². The molecule has 2 heterocycles. The van der Waals surface area contributed by atoms with Crippen LogP contribution in [0.1, 0.15) is 54.1 Å². The number of benzene rings is 2. The number of esters is 1. The molecule has 1 aliphatic carbocycles. The Morgan fingerprint density at radius 3 is 2.81 bits per heavy atom. The summed E-state index contributed by atoms with van der Waals surface area (Å²) in [5.74, 6) is 0.954. The highest BCUT2D eigenvalue weighted by molar-refractivity contribution is 6.32. The molecule has 1 saturated carbocycles. The number of nitrogens with zero attached hydrogens (tertiary/aromatic N) is 3. The topological polar surface area (TPSA) is 74.9 Å². The molecule has 164 valence electrons. The van der Waals surface area contributed by atoms with E-state index in [2.05, 4.69) is 11.1 Å². The molecule has 5 rings (SSSR count). The fourth-order valence-corrected chi connectivity index (χ4v) is 5.41. The summed E-state index contributed by atoms with van der Waals surface area (Å²) in [6.45, 7) is 2.63. The zero-order valence-electron chi connectivity index (χ0n) is 17.9. The minimum absolute atomic E-state index is 0.133. The van der Waals surface area contributed by atoms with Crippen LogP contribution in [0.4, 0.5) is 5.69 Å². The van der Waals surface area contributed by atoms with E-state index in [1.54, 1.807) is 25.1 Å². The van der Waals surface area contributed by atoms with E-state index in [1.165, 1.54) is 25.7 Å². The number of nitriles is 1. The number of halogens is 1. The average molecular weight is 450 g/mol. The van der Waals surface area contributed by atoms with Crippen LogP contribution in [0.2, 0.25) is 5.02 Å². The van der Waals surface area contributed by atoms with Crippen LogP contribution in [-0.2, 0) is 4.74 Å². The van der Waals surface area contributed by atoms with E-state index < -0.39 is 0 Å². The van der Waals surface area contributed by atoms with E-state index in [0.717, 1.165) is 17.0 Å². The Balaban J connectivity index is 1.55. The van der Waals surface area contributed by atoms with Gasteiger partial charge in [-0.1, -0.05) is 24.4 Å². The molecule has 0 unspecified atom stereocenters. The van der Waals surface area contributed by atoms with Gasteiger partial charge in [-0.05, 0) is 62.1 Å². The normalized spacial score (nSPS) is 21.9. The first kappa shape index (κ1) is 20.8. The number of ether oxygens (including phenoxy) is 2. The molecule has 0 radical (unpaired) electrons. The van der Waals surface area contributed by atoms with Crippen LogP contribution in [0, 0.1) is 23.2 Å². The van der Waals surface area contributed by atoms with Crippen LogP contribution in [0.25, 0.3) is 0 Å². The molecule has 0 saturated heterocycles. The highest BCUT2D eigenvalue weighted by atomic mass is 35.5. The molecule has 2 aromatic rings. The van der Waals surface area contributed by atoms with Gasteiger partial charge in [-0.2, -0.15) is 10.4 Å². The van der Waals surface area contributed by atoms with Crippen LogP contribution >= 0.6 is 11.6 Å². The van der Waals surface area contributed by atoms with Gasteiger partial charge in [0.2, 0.25) is 0 Å². The van der Waals surface area contributed by atoms with Gasteiger partial charge in [0.1, 0.15) is 11.8 Å². The number of carbonyl (C=O) groups is 1. The Morgan fingerprint density at radius 2 is 2.09 bits per heavy atom. The van der Waals surface area contributed by atoms with Gasteiger partial charge in [-0.3, -0.25) is 5.01 Å². The predicted molar refractivity (Wildman–Crippen MR) is 122 cm³/mol. The van der Waals surface area contributed by atoms with Gasteiger partial charge in [-0.15, -0.1) is 0 Å². The van der Waals surface area contributed by atoms with Crippen molar-refractivity contribution < 1.29 is 14.3 Å².